The van der Waals surface area contributed by atoms with E-state index in [1.54, 1.807) is 24.9 Å². The van der Waals surface area contributed by atoms with E-state index in [1.165, 1.54) is 11.3 Å². The Kier molecular flexibility index (Phi) is 5.40. The molecule has 1 amide bonds. The maximum atomic E-state index is 12.1. The van der Waals surface area contributed by atoms with Crippen molar-refractivity contribution < 1.29 is 4.79 Å². The van der Waals surface area contributed by atoms with Crippen LogP contribution in [0.2, 0.25) is 0 Å². The van der Waals surface area contributed by atoms with Crippen LogP contribution in [0.1, 0.15) is 9.67 Å². The van der Waals surface area contributed by atoms with Crippen LogP contribution < -0.4 is 15.1 Å². The number of fused-ring (bicyclic) bond motifs is 1. The third-order valence-corrected chi connectivity index (χ3v) is 6.05. The van der Waals surface area contributed by atoms with Crippen molar-refractivity contribution in [3.8, 4) is 0 Å². The summed E-state index contributed by atoms with van der Waals surface area (Å²) in [5, 5.41) is 10.2. The summed E-state index contributed by atoms with van der Waals surface area (Å²) in [5.41, 5.74) is 0.768. The molecular weight excluding hydrogens is 414 g/mol. The summed E-state index contributed by atoms with van der Waals surface area (Å²) < 4.78 is 1.81. The van der Waals surface area contributed by atoms with Crippen molar-refractivity contribution in [2.75, 3.05) is 42.5 Å². The molecule has 11 heteroatoms. The zero-order valence-electron chi connectivity index (χ0n) is 16.8. The van der Waals surface area contributed by atoms with Gasteiger partial charge in [-0.05, 0) is 17.5 Å². The fourth-order valence-corrected chi connectivity index (χ4v) is 4.28. The topological polar surface area (TPSA) is 105 Å². The van der Waals surface area contributed by atoms with Crippen molar-refractivity contribution in [3.63, 3.8) is 0 Å². The highest BCUT2D eigenvalue weighted by atomic mass is 32.1. The van der Waals surface area contributed by atoms with Crippen molar-refractivity contribution in [1.29, 1.82) is 0 Å². The van der Waals surface area contributed by atoms with Gasteiger partial charge in [-0.2, -0.15) is 5.10 Å². The Hall–Kier alpha value is -3.60. The molecular formula is C20H21N9OS. The third kappa shape index (κ3) is 4.04. The molecule has 10 nitrogen and oxygen atoms in total. The number of rotatable bonds is 6. The monoisotopic (exact) mass is 435 g/mol. The number of hydrogen-bond acceptors (Lipinski definition) is 9. The molecule has 158 valence electrons. The molecule has 0 saturated carbocycles. The SMILES string of the molecule is O=C(NCCn1ncc2c(N3CCN(c4ncccn4)CC3)ncnc21)c1cccs1. The Bertz CT molecular complexity index is 1150. The van der Waals surface area contributed by atoms with E-state index < -0.39 is 0 Å². The summed E-state index contributed by atoms with van der Waals surface area (Å²) in [4.78, 5) is 34.9. The first-order valence-electron chi connectivity index (χ1n) is 10.0. The van der Waals surface area contributed by atoms with Crippen LogP contribution in [0, 0.1) is 0 Å². The van der Waals surface area contributed by atoms with Gasteiger partial charge in [-0.25, -0.2) is 24.6 Å². The lowest BCUT2D eigenvalue weighted by molar-refractivity contribution is 0.0956. The quantitative estimate of drug-likeness (QED) is 0.485. The van der Waals surface area contributed by atoms with Gasteiger partial charge >= 0.3 is 0 Å². The van der Waals surface area contributed by atoms with Crippen molar-refractivity contribution in [2.24, 2.45) is 0 Å². The summed E-state index contributed by atoms with van der Waals surface area (Å²) >= 11 is 1.43. The van der Waals surface area contributed by atoms with Crippen molar-refractivity contribution in [2.45, 2.75) is 6.54 Å². The van der Waals surface area contributed by atoms with Crippen LogP contribution >= 0.6 is 11.3 Å². The summed E-state index contributed by atoms with van der Waals surface area (Å²) in [5.74, 6) is 1.57. The molecule has 5 rings (SSSR count). The number of carbonyl (C=O) groups is 1. The molecule has 0 spiro atoms. The Balaban J connectivity index is 1.25. The van der Waals surface area contributed by atoms with E-state index in [1.807, 2.05) is 28.3 Å². The average molecular weight is 436 g/mol. The zero-order valence-corrected chi connectivity index (χ0v) is 17.6. The first kappa shape index (κ1) is 19.4. The molecule has 1 aliphatic heterocycles. The van der Waals surface area contributed by atoms with E-state index >= 15 is 0 Å². The van der Waals surface area contributed by atoms with Gasteiger partial charge in [0.15, 0.2) is 5.65 Å². The highest BCUT2D eigenvalue weighted by molar-refractivity contribution is 7.12. The van der Waals surface area contributed by atoms with Crippen molar-refractivity contribution >= 4 is 40.0 Å². The zero-order chi connectivity index (χ0) is 21.0. The normalized spacial score (nSPS) is 14.2. The van der Waals surface area contributed by atoms with E-state index in [2.05, 4.69) is 40.2 Å². The maximum absolute atomic E-state index is 12.1. The second kappa shape index (κ2) is 8.64. The number of anilines is 2. The van der Waals surface area contributed by atoms with E-state index in [9.17, 15) is 4.79 Å². The van der Waals surface area contributed by atoms with Crippen LogP contribution in [-0.4, -0.2) is 68.3 Å². The van der Waals surface area contributed by atoms with Gasteiger partial charge in [-0.15, -0.1) is 11.3 Å². The molecule has 1 aliphatic rings. The average Bonchev–Trinajstić information content (AvgIpc) is 3.50. The summed E-state index contributed by atoms with van der Waals surface area (Å²) in [7, 11) is 0. The molecule has 0 aliphatic carbocycles. The smallest absolute Gasteiger partial charge is 0.261 e. The van der Waals surface area contributed by atoms with Crippen LogP contribution in [0.15, 0.2) is 48.5 Å². The highest BCUT2D eigenvalue weighted by Crippen LogP contribution is 2.24. The van der Waals surface area contributed by atoms with Gasteiger partial charge < -0.3 is 15.1 Å². The number of carbonyl (C=O) groups excluding carboxylic acids is 1. The second-order valence-corrected chi connectivity index (χ2v) is 8.01. The predicted molar refractivity (Wildman–Crippen MR) is 118 cm³/mol. The van der Waals surface area contributed by atoms with Gasteiger partial charge in [-0.3, -0.25) is 4.79 Å². The van der Waals surface area contributed by atoms with E-state index in [4.69, 9.17) is 0 Å². The summed E-state index contributed by atoms with van der Waals surface area (Å²) in [6, 6.07) is 5.50. The number of piperazine rings is 1. The molecule has 4 aromatic heterocycles. The molecule has 5 heterocycles. The number of amides is 1. The van der Waals surface area contributed by atoms with E-state index in [-0.39, 0.29) is 5.91 Å². The number of aromatic nitrogens is 6. The predicted octanol–water partition coefficient (Wildman–Crippen LogP) is 1.43. The van der Waals surface area contributed by atoms with Crippen LogP contribution in [0.3, 0.4) is 0 Å². The number of thiophene rings is 1. The molecule has 31 heavy (non-hydrogen) atoms. The first-order chi connectivity index (χ1) is 15.3. The Morgan fingerprint density at radius 1 is 1.03 bits per heavy atom. The third-order valence-electron chi connectivity index (χ3n) is 5.18. The van der Waals surface area contributed by atoms with Crippen LogP contribution in [0.4, 0.5) is 11.8 Å². The minimum Gasteiger partial charge on any atom is -0.352 e. The largest absolute Gasteiger partial charge is 0.352 e. The fraction of sp³-hybridized carbons (Fsp3) is 0.300. The number of hydrogen-bond donors (Lipinski definition) is 1. The van der Waals surface area contributed by atoms with Gasteiger partial charge in [0.25, 0.3) is 5.91 Å². The van der Waals surface area contributed by atoms with E-state index in [0.29, 0.717) is 18.0 Å². The van der Waals surface area contributed by atoms with Crippen molar-refractivity contribution in [1.82, 2.24) is 35.0 Å². The van der Waals surface area contributed by atoms with Crippen LogP contribution in [0.5, 0.6) is 0 Å². The molecule has 4 aromatic rings. The lowest BCUT2D eigenvalue weighted by Gasteiger charge is -2.35. The van der Waals surface area contributed by atoms with Gasteiger partial charge in [0.1, 0.15) is 12.1 Å². The molecule has 0 unspecified atom stereocenters. The van der Waals surface area contributed by atoms with Crippen molar-refractivity contribution in [3.05, 3.63) is 53.4 Å². The van der Waals surface area contributed by atoms with Gasteiger partial charge in [-0.1, -0.05) is 6.07 Å². The lowest BCUT2D eigenvalue weighted by Crippen LogP contribution is -2.47. The molecule has 0 aromatic carbocycles. The maximum Gasteiger partial charge on any atom is 0.261 e. The minimum atomic E-state index is -0.0676. The molecule has 1 fully saturated rings. The first-order valence-corrected chi connectivity index (χ1v) is 10.9. The fourth-order valence-electron chi connectivity index (χ4n) is 3.64. The van der Waals surface area contributed by atoms with E-state index in [0.717, 1.165) is 49.0 Å². The molecule has 0 radical (unpaired) electrons. The van der Waals surface area contributed by atoms with Gasteiger partial charge in [0.05, 0.1) is 23.0 Å². The second-order valence-electron chi connectivity index (χ2n) is 7.06. The Morgan fingerprint density at radius 2 is 1.84 bits per heavy atom. The molecule has 1 N–H and O–H groups in total. The Morgan fingerprint density at radius 3 is 2.61 bits per heavy atom. The summed E-state index contributed by atoms with van der Waals surface area (Å²) in [6.07, 6.45) is 6.91. The standard InChI is InChI=1S/C20H21N9OS/c30-19(16-3-1-12-31-16)21-6-7-29-18-15(13-26-29)17(24-14-25-18)27-8-10-28(11-9-27)20-22-4-2-5-23-20/h1-5,12-14H,6-11H2,(H,21,30). The highest BCUT2D eigenvalue weighted by Gasteiger charge is 2.22. The number of nitrogens with one attached hydrogen (secondary N) is 1. The molecule has 0 bridgehead atoms. The van der Waals surface area contributed by atoms with Crippen LogP contribution in [-0.2, 0) is 6.54 Å². The molecule has 0 atom stereocenters. The lowest BCUT2D eigenvalue weighted by atomic mass is 10.3. The summed E-state index contributed by atoms with van der Waals surface area (Å²) in [6.45, 7) is 4.27. The number of nitrogens with zero attached hydrogens (tertiary/aromatic N) is 8. The molecule has 1 saturated heterocycles. The minimum absolute atomic E-state index is 0.0676. The van der Waals surface area contributed by atoms with Gasteiger partial charge in [0, 0.05) is 45.1 Å². The Labute approximate surface area is 182 Å². The van der Waals surface area contributed by atoms with Gasteiger partial charge in [0.2, 0.25) is 5.95 Å². The van der Waals surface area contributed by atoms with Crippen LogP contribution in [0.25, 0.3) is 11.0 Å².